The number of aliphatic carboxylic acids is 1. The van der Waals surface area contributed by atoms with Crippen LogP contribution in [0.1, 0.15) is 69.9 Å². The van der Waals surface area contributed by atoms with E-state index in [2.05, 4.69) is 59.5 Å². The zero-order valence-electron chi connectivity index (χ0n) is 42.6. The number of likely N-dealkylation sites (tertiary alicyclic amines) is 1. The number of thiol groups is 1. The van der Waals surface area contributed by atoms with E-state index < -0.39 is 102 Å². The number of phenols is 1. The molecule has 26 nitrogen and oxygen atoms in total. The molecule has 0 radical (unpaired) electrons. The van der Waals surface area contributed by atoms with Crippen LogP contribution in [0, 0.1) is 5.92 Å². The predicted octanol–water partition coefficient (Wildman–Crippen LogP) is -2.95. The van der Waals surface area contributed by atoms with Gasteiger partial charge in [-0.3, -0.25) is 43.5 Å². The number of benzene rings is 2. The van der Waals surface area contributed by atoms with E-state index in [0.29, 0.717) is 17.5 Å². The van der Waals surface area contributed by atoms with Gasteiger partial charge in [0, 0.05) is 55.3 Å². The number of H-pyrrole nitrogens is 1. The normalized spacial score (nSPS) is 15.9. The number of carboxylic acid groups (broad SMARTS) is 1. The average molecular weight is 1080 g/mol. The molecule has 2 heterocycles. The molecule has 1 aliphatic rings. The number of hydrogen-bond acceptors (Lipinski definition) is 14. The predicted molar refractivity (Wildman–Crippen MR) is 286 cm³/mol. The molecular formula is C49H73N15O11S. The van der Waals surface area contributed by atoms with Gasteiger partial charge >= 0.3 is 5.97 Å². The molecule has 27 heteroatoms. The number of aromatic amines is 1. The molecule has 76 heavy (non-hydrogen) atoms. The van der Waals surface area contributed by atoms with E-state index in [1.54, 1.807) is 12.3 Å². The molecule has 0 spiro atoms. The highest BCUT2D eigenvalue weighted by Gasteiger charge is 2.40. The fraction of sp³-hybridized carbons (Fsp3) is 0.510. The second-order valence-corrected chi connectivity index (χ2v) is 19.2. The Balaban J connectivity index is 1.64. The molecule has 8 atom stereocenters. The molecule has 1 fully saturated rings. The van der Waals surface area contributed by atoms with Crippen molar-refractivity contribution >= 4 is 82.8 Å². The van der Waals surface area contributed by atoms with Crippen molar-refractivity contribution < 1.29 is 53.7 Å². The van der Waals surface area contributed by atoms with Gasteiger partial charge in [-0.15, -0.1) is 0 Å². The first kappa shape index (κ1) is 60.9. The van der Waals surface area contributed by atoms with Crippen LogP contribution in [0.3, 0.4) is 0 Å². The van der Waals surface area contributed by atoms with Crippen LogP contribution < -0.4 is 60.6 Å². The number of nitrogens with two attached hydrogens (primary N) is 5. The average Bonchev–Trinajstić information content (AvgIpc) is 4.04. The van der Waals surface area contributed by atoms with Crippen LogP contribution in [0.25, 0.3) is 10.9 Å². The molecule has 0 saturated carbocycles. The molecule has 416 valence electrons. The van der Waals surface area contributed by atoms with Crippen molar-refractivity contribution in [3.63, 3.8) is 0 Å². The van der Waals surface area contributed by atoms with Gasteiger partial charge in [-0.25, -0.2) is 4.79 Å². The van der Waals surface area contributed by atoms with Gasteiger partial charge in [-0.2, -0.15) is 12.6 Å². The van der Waals surface area contributed by atoms with Crippen LogP contribution >= 0.6 is 12.6 Å². The second kappa shape index (κ2) is 30.0. The van der Waals surface area contributed by atoms with Gasteiger partial charge in [0.1, 0.15) is 48.0 Å². The van der Waals surface area contributed by atoms with Gasteiger partial charge in [0.15, 0.2) is 11.9 Å². The van der Waals surface area contributed by atoms with E-state index in [9.17, 15) is 53.7 Å². The first-order chi connectivity index (χ1) is 36.1. The standard InChI is InChI=1S/C49H73N15O11S/c1-26(2)20-31(50)40(67)62-37(24-65)43(70)60-35(21-27-13-15-29(66)16-14-27)42(69)58-33(10-5-17-55-48(51)52)41(68)61-36(22-28-23-57-32-9-4-3-8-30(28)32)46(73)64-19-7-12-39(64)45(72)63-38(25-76)44(71)59-34(47(74)75)11-6-18-56-49(53)54/h3-4,8-9,13-16,23,26,31,33-39,57,65-66,76H,5-7,10-12,17-22,24-25,50H2,1-2H3,(H,58,69)(H,59,71)(H,60,70)(H,61,68)(H,62,67)(H,63,72)(H,74,75)(H4,51,52,55)(H4,53,54,56)/t31-,33-,34-,35-,36-,37-,38-,39-/m0/s1. The Morgan fingerprint density at radius 3 is 1.88 bits per heavy atom. The van der Waals surface area contributed by atoms with Gasteiger partial charge in [0.05, 0.1) is 12.6 Å². The van der Waals surface area contributed by atoms with E-state index >= 15 is 0 Å². The number of aliphatic imine (C=N–C) groups is 2. The van der Waals surface area contributed by atoms with Crippen molar-refractivity contribution in [1.82, 2.24) is 41.8 Å². The summed E-state index contributed by atoms with van der Waals surface area (Å²) in [6.45, 7) is 3.06. The van der Waals surface area contributed by atoms with E-state index in [0.717, 1.165) is 10.9 Å². The maximum absolute atomic E-state index is 14.9. The van der Waals surface area contributed by atoms with E-state index in [1.807, 2.05) is 32.0 Å². The van der Waals surface area contributed by atoms with E-state index in [-0.39, 0.29) is 100 Å². The summed E-state index contributed by atoms with van der Waals surface area (Å²) in [6, 6.07) is 2.41. The molecule has 0 unspecified atom stereocenters. The monoisotopic (exact) mass is 1080 g/mol. The number of amides is 7. The Hall–Kier alpha value is -7.65. The Labute approximate surface area is 445 Å². The van der Waals surface area contributed by atoms with Crippen molar-refractivity contribution in [2.24, 2.45) is 44.6 Å². The summed E-state index contributed by atoms with van der Waals surface area (Å²) in [4.78, 5) is 122. The molecule has 20 N–H and O–H groups in total. The van der Waals surface area contributed by atoms with Crippen LogP contribution in [-0.4, -0.2) is 165 Å². The number of fused-ring (bicyclic) bond motifs is 1. The third kappa shape index (κ3) is 18.9. The van der Waals surface area contributed by atoms with E-state index in [4.69, 9.17) is 28.7 Å². The Kier molecular flexibility index (Phi) is 24.1. The number of para-hydroxylation sites is 1. The minimum absolute atomic E-state index is 0.0242. The molecule has 0 aliphatic carbocycles. The van der Waals surface area contributed by atoms with Gasteiger partial charge in [-0.1, -0.05) is 44.2 Å². The Morgan fingerprint density at radius 2 is 1.28 bits per heavy atom. The summed E-state index contributed by atoms with van der Waals surface area (Å²) < 4.78 is 0. The van der Waals surface area contributed by atoms with Crippen molar-refractivity contribution in [3.8, 4) is 5.75 Å². The number of aromatic nitrogens is 1. The van der Waals surface area contributed by atoms with Gasteiger partial charge in [0.25, 0.3) is 0 Å². The van der Waals surface area contributed by atoms with Crippen molar-refractivity contribution in [2.75, 3.05) is 32.0 Å². The second-order valence-electron chi connectivity index (χ2n) is 18.8. The Bertz CT molecular complexity index is 2540. The molecule has 1 aliphatic heterocycles. The minimum Gasteiger partial charge on any atom is -0.508 e. The van der Waals surface area contributed by atoms with Gasteiger partial charge in [0.2, 0.25) is 41.4 Å². The lowest BCUT2D eigenvalue weighted by atomic mass is 10.0. The number of phenolic OH excluding ortho intramolecular Hbond substituents is 1. The largest absolute Gasteiger partial charge is 0.508 e. The maximum atomic E-state index is 14.9. The van der Waals surface area contributed by atoms with Crippen LogP contribution in [0.5, 0.6) is 5.75 Å². The van der Waals surface area contributed by atoms with Crippen molar-refractivity contribution in [3.05, 3.63) is 65.9 Å². The zero-order chi connectivity index (χ0) is 56.1. The van der Waals surface area contributed by atoms with Crippen LogP contribution in [0.4, 0.5) is 0 Å². The highest BCUT2D eigenvalue weighted by Crippen LogP contribution is 2.24. The summed E-state index contributed by atoms with van der Waals surface area (Å²) in [5, 5.41) is 46.2. The third-order valence-corrected chi connectivity index (χ3v) is 12.8. The summed E-state index contributed by atoms with van der Waals surface area (Å²) in [7, 11) is 0. The number of rotatable bonds is 30. The number of carbonyl (C=O) groups excluding carboxylic acids is 7. The number of carbonyl (C=O) groups is 8. The molecule has 0 bridgehead atoms. The highest BCUT2D eigenvalue weighted by molar-refractivity contribution is 7.80. The first-order valence-corrected chi connectivity index (χ1v) is 25.5. The van der Waals surface area contributed by atoms with Gasteiger partial charge in [-0.05, 0) is 80.2 Å². The van der Waals surface area contributed by atoms with Crippen LogP contribution in [-0.2, 0) is 51.2 Å². The lowest BCUT2D eigenvalue weighted by molar-refractivity contribution is -0.143. The minimum atomic E-state index is -1.53. The summed E-state index contributed by atoms with van der Waals surface area (Å²) in [5.74, 6) is -7.64. The van der Waals surface area contributed by atoms with Crippen LogP contribution in [0.15, 0.2) is 64.7 Å². The lowest BCUT2D eigenvalue weighted by Gasteiger charge is -2.31. The van der Waals surface area contributed by atoms with Gasteiger partial charge < -0.3 is 85.8 Å². The zero-order valence-corrected chi connectivity index (χ0v) is 43.5. The molecular weight excluding hydrogens is 1010 g/mol. The SMILES string of the molecule is CC(C)C[C@H](N)C(=O)N[C@@H](CO)C(=O)N[C@@H](Cc1ccc(O)cc1)C(=O)N[C@@H](CCCN=C(N)N)C(=O)N[C@@H](Cc1c[nH]c2ccccc12)C(=O)N1CCC[C@H]1C(=O)N[C@@H](CS)C(=O)N[C@@H](CCCN=C(N)N)C(=O)O. The summed E-state index contributed by atoms with van der Waals surface area (Å²) >= 11 is 4.24. The number of aliphatic hydroxyl groups excluding tert-OH is 1. The molecule has 1 saturated heterocycles. The Morgan fingerprint density at radius 1 is 0.724 bits per heavy atom. The molecule has 7 amide bonds. The number of hydrogen-bond donors (Lipinski definition) is 16. The highest BCUT2D eigenvalue weighted by atomic mass is 32.1. The quantitative estimate of drug-likeness (QED) is 0.0137. The number of guanidine groups is 2. The fourth-order valence-corrected chi connectivity index (χ4v) is 8.73. The topological polar surface area (TPSA) is 443 Å². The molecule has 3 aromatic rings. The van der Waals surface area contributed by atoms with Crippen molar-refractivity contribution in [2.45, 2.75) is 120 Å². The summed E-state index contributed by atoms with van der Waals surface area (Å²) in [6.07, 6.45) is 2.39. The third-order valence-electron chi connectivity index (χ3n) is 12.4. The molecule has 4 rings (SSSR count). The number of aliphatic hydroxyl groups is 1. The lowest BCUT2D eigenvalue weighted by Crippen LogP contribution is -2.61. The number of carboxylic acids is 1. The van der Waals surface area contributed by atoms with E-state index in [1.165, 1.54) is 29.2 Å². The number of nitrogens with one attached hydrogen (secondary N) is 7. The summed E-state index contributed by atoms with van der Waals surface area (Å²) in [5.41, 5.74) is 29.7. The van der Waals surface area contributed by atoms with Crippen LogP contribution in [0.2, 0.25) is 0 Å². The first-order valence-electron chi connectivity index (χ1n) is 24.9. The number of aromatic hydroxyl groups is 1. The molecule has 2 aromatic carbocycles. The number of nitrogens with zero attached hydrogens (tertiary/aromatic N) is 3. The maximum Gasteiger partial charge on any atom is 0.326 e. The molecule has 1 aromatic heterocycles. The fourth-order valence-electron chi connectivity index (χ4n) is 8.47. The smallest absolute Gasteiger partial charge is 0.326 e. The van der Waals surface area contributed by atoms with Crippen molar-refractivity contribution in [1.29, 1.82) is 0 Å².